The second kappa shape index (κ2) is 8.71. The van der Waals surface area contributed by atoms with Gasteiger partial charge in [0.1, 0.15) is 17.3 Å². The maximum Gasteiger partial charge on any atom is 0.257 e. The Bertz CT molecular complexity index is 1170. The molecule has 0 fully saturated rings. The molecule has 6 nitrogen and oxygen atoms in total. The smallest absolute Gasteiger partial charge is 0.257 e. The molecule has 30 heavy (non-hydrogen) atoms. The fourth-order valence-electron chi connectivity index (χ4n) is 2.78. The highest BCUT2D eigenvalue weighted by Crippen LogP contribution is 2.25. The Hall–Kier alpha value is -2.49. The quantitative estimate of drug-likeness (QED) is 0.509. The van der Waals surface area contributed by atoms with Gasteiger partial charge in [0.15, 0.2) is 0 Å². The number of hydrogen-bond donors (Lipinski definition) is 0. The fourth-order valence-corrected chi connectivity index (χ4v) is 3.98. The van der Waals surface area contributed by atoms with Crippen LogP contribution in [-0.4, -0.2) is 44.7 Å². The molecule has 9 heteroatoms. The molecule has 0 unspecified atom stereocenters. The second-order valence-electron chi connectivity index (χ2n) is 6.86. The molecule has 0 radical (unpaired) electrons. The minimum atomic E-state index is -3.79. The number of carbonyl (C=O) groups is 1. The van der Waals surface area contributed by atoms with Gasteiger partial charge in [-0.25, -0.2) is 17.1 Å². The van der Waals surface area contributed by atoms with Crippen LogP contribution in [-0.2, 0) is 16.6 Å². The van der Waals surface area contributed by atoms with Crippen LogP contribution in [0.1, 0.15) is 16.1 Å². The first-order chi connectivity index (χ1) is 14.1. The minimum absolute atomic E-state index is 0.0967. The third kappa shape index (κ3) is 4.63. The number of furan rings is 1. The molecule has 3 aromatic rings. The lowest BCUT2D eigenvalue weighted by atomic mass is 10.2. The first-order valence-electron chi connectivity index (χ1n) is 8.92. The van der Waals surface area contributed by atoms with Crippen molar-refractivity contribution in [1.29, 1.82) is 0 Å². The molecular weight excluding hydrogens is 475 g/mol. The van der Waals surface area contributed by atoms with Gasteiger partial charge in [0.25, 0.3) is 5.91 Å². The number of nitrogens with zero attached hydrogens (tertiary/aromatic N) is 2. The highest BCUT2D eigenvalue weighted by molar-refractivity contribution is 9.10. The molecule has 0 saturated carbocycles. The van der Waals surface area contributed by atoms with Gasteiger partial charge in [-0.3, -0.25) is 4.79 Å². The van der Waals surface area contributed by atoms with Gasteiger partial charge in [-0.15, -0.1) is 0 Å². The van der Waals surface area contributed by atoms with Crippen molar-refractivity contribution in [2.45, 2.75) is 11.4 Å². The van der Waals surface area contributed by atoms with Crippen LogP contribution in [0.3, 0.4) is 0 Å². The predicted molar refractivity (Wildman–Crippen MR) is 115 cm³/mol. The largest absolute Gasteiger partial charge is 0.459 e. The summed E-state index contributed by atoms with van der Waals surface area (Å²) in [6.45, 7) is 0.0967. The van der Waals surface area contributed by atoms with Crippen LogP contribution in [0.5, 0.6) is 0 Å². The zero-order valence-electron chi connectivity index (χ0n) is 16.6. The summed E-state index contributed by atoms with van der Waals surface area (Å²) in [5.41, 5.74) is 0.561. The molecule has 0 saturated heterocycles. The monoisotopic (exact) mass is 494 g/mol. The van der Waals surface area contributed by atoms with Crippen molar-refractivity contribution in [3.8, 4) is 11.3 Å². The van der Waals surface area contributed by atoms with Gasteiger partial charge in [-0.05, 0) is 42.5 Å². The Morgan fingerprint density at radius 3 is 2.33 bits per heavy atom. The number of halogens is 2. The Balaban J connectivity index is 1.81. The van der Waals surface area contributed by atoms with Crippen molar-refractivity contribution in [1.82, 2.24) is 9.21 Å². The van der Waals surface area contributed by atoms with E-state index in [9.17, 15) is 17.6 Å². The van der Waals surface area contributed by atoms with Crippen molar-refractivity contribution in [3.05, 3.63) is 76.2 Å². The van der Waals surface area contributed by atoms with Crippen molar-refractivity contribution in [3.63, 3.8) is 0 Å². The Kier molecular flexibility index (Phi) is 6.44. The molecule has 0 aliphatic carbocycles. The summed E-state index contributed by atoms with van der Waals surface area (Å²) in [5, 5.41) is 0. The lowest BCUT2D eigenvalue weighted by molar-refractivity contribution is 0.0770. The van der Waals surface area contributed by atoms with Gasteiger partial charge in [0.05, 0.1) is 17.0 Å². The predicted octanol–water partition coefficient (Wildman–Crippen LogP) is 4.37. The summed E-state index contributed by atoms with van der Waals surface area (Å²) in [5.74, 6) is -0.283. The average molecular weight is 495 g/mol. The number of hydrogen-bond acceptors (Lipinski definition) is 4. The second-order valence-corrected chi connectivity index (χ2v) is 9.93. The van der Waals surface area contributed by atoms with Crippen LogP contribution in [0, 0.1) is 5.82 Å². The molecule has 0 aliphatic rings. The molecule has 1 amide bonds. The molecule has 1 heterocycles. The van der Waals surface area contributed by atoms with E-state index in [2.05, 4.69) is 15.9 Å². The van der Waals surface area contributed by atoms with Crippen LogP contribution in [0.2, 0.25) is 0 Å². The Morgan fingerprint density at radius 1 is 1.03 bits per heavy atom. The maximum atomic E-state index is 14.3. The van der Waals surface area contributed by atoms with Crippen LogP contribution in [0.4, 0.5) is 4.39 Å². The maximum absolute atomic E-state index is 14.3. The number of benzene rings is 2. The Morgan fingerprint density at radius 2 is 1.70 bits per heavy atom. The molecule has 0 atom stereocenters. The van der Waals surface area contributed by atoms with Crippen LogP contribution in [0.25, 0.3) is 11.3 Å². The van der Waals surface area contributed by atoms with E-state index in [0.717, 1.165) is 32.5 Å². The normalized spacial score (nSPS) is 11.7. The fraction of sp³-hybridized carbons (Fsp3) is 0.190. The van der Waals surface area contributed by atoms with E-state index in [1.165, 1.54) is 26.0 Å². The summed E-state index contributed by atoms with van der Waals surface area (Å²) < 4.78 is 46.6. The zero-order valence-corrected chi connectivity index (χ0v) is 19.0. The summed E-state index contributed by atoms with van der Waals surface area (Å²) in [7, 11) is 0.441. The van der Waals surface area contributed by atoms with Gasteiger partial charge in [0, 0.05) is 31.2 Å². The first kappa shape index (κ1) is 22.2. The highest BCUT2D eigenvalue weighted by atomic mass is 79.9. The summed E-state index contributed by atoms with van der Waals surface area (Å²) >= 11 is 3.38. The number of rotatable bonds is 6. The molecule has 158 valence electrons. The van der Waals surface area contributed by atoms with Gasteiger partial charge < -0.3 is 9.32 Å². The molecule has 2 aromatic carbocycles. The van der Waals surface area contributed by atoms with E-state index in [4.69, 9.17) is 4.42 Å². The van der Waals surface area contributed by atoms with E-state index in [1.807, 2.05) is 24.3 Å². The topological polar surface area (TPSA) is 70.8 Å². The van der Waals surface area contributed by atoms with Gasteiger partial charge in [0.2, 0.25) is 10.0 Å². The lowest BCUT2D eigenvalue weighted by Gasteiger charge is -2.17. The molecule has 0 spiro atoms. The van der Waals surface area contributed by atoms with Crippen molar-refractivity contribution in [2.24, 2.45) is 0 Å². The standard InChI is InChI=1S/C21H20BrFN2O4S/c1-24(2)30(27,28)17-9-10-19(23)18(12-17)21(26)25(3)13-16-8-11-20(29-16)14-4-6-15(22)7-5-14/h4-12H,13H2,1-3H3. The third-order valence-corrected chi connectivity index (χ3v) is 6.82. The molecule has 0 N–H and O–H groups in total. The minimum Gasteiger partial charge on any atom is -0.459 e. The van der Waals surface area contributed by atoms with Crippen LogP contribution < -0.4 is 0 Å². The van der Waals surface area contributed by atoms with E-state index < -0.39 is 21.7 Å². The molecular formula is C21H20BrFN2O4S. The third-order valence-electron chi connectivity index (χ3n) is 4.48. The number of sulfonamides is 1. The van der Waals surface area contributed by atoms with Crippen LogP contribution >= 0.6 is 15.9 Å². The van der Waals surface area contributed by atoms with E-state index in [-0.39, 0.29) is 17.0 Å². The highest BCUT2D eigenvalue weighted by Gasteiger charge is 2.23. The SMILES string of the molecule is CN(Cc1ccc(-c2ccc(Br)cc2)o1)C(=O)c1cc(S(=O)(=O)N(C)C)ccc1F. The molecule has 1 aromatic heterocycles. The first-order valence-corrected chi connectivity index (χ1v) is 11.1. The van der Waals surface area contributed by atoms with Gasteiger partial charge >= 0.3 is 0 Å². The number of amides is 1. The van der Waals surface area contributed by atoms with E-state index in [0.29, 0.717) is 11.5 Å². The van der Waals surface area contributed by atoms with Gasteiger partial charge in [-0.2, -0.15) is 0 Å². The molecule has 0 aliphatic heterocycles. The average Bonchev–Trinajstić information content (AvgIpc) is 3.16. The molecule has 0 bridgehead atoms. The molecule has 3 rings (SSSR count). The lowest BCUT2D eigenvalue weighted by Crippen LogP contribution is -2.28. The Labute approximate surface area is 183 Å². The number of carbonyl (C=O) groups excluding carboxylic acids is 1. The summed E-state index contributed by atoms with van der Waals surface area (Å²) in [6, 6.07) is 14.3. The van der Waals surface area contributed by atoms with Crippen molar-refractivity contribution < 1.29 is 22.0 Å². The van der Waals surface area contributed by atoms with E-state index in [1.54, 1.807) is 12.1 Å². The van der Waals surface area contributed by atoms with Crippen molar-refractivity contribution >= 4 is 31.9 Å². The van der Waals surface area contributed by atoms with E-state index >= 15 is 0 Å². The summed E-state index contributed by atoms with van der Waals surface area (Å²) in [4.78, 5) is 13.9. The zero-order chi connectivity index (χ0) is 22.1. The van der Waals surface area contributed by atoms with Crippen LogP contribution in [0.15, 0.2) is 68.4 Å². The summed E-state index contributed by atoms with van der Waals surface area (Å²) in [6.07, 6.45) is 0. The van der Waals surface area contributed by atoms with Crippen molar-refractivity contribution in [2.75, 3.05) is 21.1 Å². The van der Waals surface area contributed by atoms with Gasteiger partial charge in [-0.1, -0.05) is 28.1 Å².